The van der Waals surface area contributed by atoms with Crippen LogP contribution in [0.15, 0.2) is 12.3 Å². The number of hydrogen-bond acceptors (Lipinski definition) is 1. The summed E-state index contributed by atoms with van der Waals surface area (Å²) in [7, 11) is 0. The van der Waals surface area contributed by atoms with Gasteiger partial charge >= 0.3 is 0 Å². The Balaban J connectivity index is 3.17. The molecule has 0 bridgehead atoms. The van der Waals surface area contributed by atoms with Crippen LogP contribution in [0.4, 0.5) is 8.78 Å². The first-order valence-electron chi connectivity index (χ1n) is 3.02. The lowest BCUT2D eigenvalue weighted by Crippen LogP contribution is -1.95. The van der Waals surface area contributed by atoms with E-state index in [4.69, 9.17) is 0 Å². The molecule has 0 spiro atoms. The minimum Gasteiger partial charge on any atom is -0.254 e. The Hall–Kier alpha value is -0.260. The van der Waals surface area contributed by atoms with E-state index in [2.05, 4.69) is 4.98 Å². The predicted molar refractivity (Wildman–Crippen MR) is 46.6 cm³/mol. The van der Waals surface area contributed by atoms with Crippen LogP contribution >= 0.6 is 22.6 Å². The van der Waals surface area contributed by atoms with E-state index in [1.807, 2.05) is 22.6 Å². The molecule has 0 aliphatic heterocycles. The van der Waals surface area contributed by atoms with Gasteiger partial charge in [-0.15, -0.1) is 0 Å². The fourth-order valence-corrected chi connectivity index (χ4v) is 1.27. The third-order valence-corrected chi connectivity index (χ3v) is 2.72. The molecule has 0 atom stereocenters. The Morgan fingerprint density at radius 3 is 2.64 bits per heavy atom. The number of hydrogen-bond donors (Lipinski definition) is 0. The maximum atomic E-state index is 12.1. The zero-order valence-electron chi connectivity index (χ0n) is 5.81. The molecule has 60 valence electrons. The minimum atomic E-state index is -2.47. The van der Waals surface area contributed by atoms with E-state index in [1.165, 1.54) is 6.20 Å². The van der Waals surface area contributed by atoms with Crippen molar-refractivity contribution >= 4 is 22.6 Å². The molecule has 0 aromatic carbocycles. The molecule has 0 radical (unpaired) electrons. The van der Waals surface area contributed by atoms with Crippen LogP contribution in [0.25, 0.3) is 0 Å². The van der Waals surface area contributed by atoms with Gasteiger partial charge in [0, 0.05) is 9.77 Å². The summed E-state index contributed by atoms with van der Waals surface area (Å²) in [5.41, 5.74) is 0.724. The third kappa shape index (κ3) is 1.85. The van der Waals surface area contributed by atoms with E-state index in [0.29, 0.717) is 3.57 Å². The first kappa shape index (κ1) is 8.83. The molecule has 0 amide bonds. The number of aryl methyl sites for hydroxylation is 1. The van der Waals surface area contributed by atoms with Gasteiger partial charge in [0.15, 0.2) is 0 Å². The van der Waals surface area contributed by atoms with Gasteiger partial charge in [0.05, 0.1) is 0 Å². The van der Waals surface area contributed by atoms with Crippen molar-refractivity contribution in [2.75, 3.05) is 0 Å². The molecule has 1 nitrogen and oxygen atoms in total. The average molecular weight is 269 g/mol. The lowest BCUT2D eigenvalue weighted by atomic mass is 10.2. The van der Waals surface area contributed by atoms with Crippen LogP contribution < -0.4 is 0 Å². The molecule has 0 N–H and O–H groups in total. The number of rotatable bonds is 1. The lowest BCUT2D eigenvalue weighted by Gasteiger charge is -2.03. The molecule has 1 rings (SSSR count). The standard InChI is InChI=1S/C7H6F2IN/c1-4-2-3-11-6(5(4)10)7(8)9/h2-3,7H,1H3. The average Bonchev–Trinajstić information content (AvgIpc) is 1.94. The SMILES string of the molecule is Cc1ccnc(C(F)F)c1I. The van der Waals surface area contributed by atoms with E-state index >= 15 is 0 Å². The minimum absolute atomic E-state index is 0.120. The van der Waals surface area contributed by atoms with Crippen LogP contribution in [0.2, 0.25) is 0 Å². The largest absolute Gasteiger partial charge is 0.281 e. The van der Waals surface area contributed by atoms with E-state index in [-0.39, 0.29) is 5.69 Å². The van der Waals surface area contributed by atoms with Crippen molar-refractivity contribution in [3.05, 3.63) is 27.1 Å². The highest BCUT2D eigenvalue weighted by Crippen LogP contribution is 2.23. The molecular weight excluding hydrogens is 263 g/mol. The van der Waals surface area contributed by atoms with Gasteiger partial charge in [-0.1, -0.05) is 0 Å². The zero-order chi connectivity index (χ0) is 8.43. The molecule has 4 heteroatoms. The Labute approximate surface area is 77.0 Å². The van der Waals surface area contributed by atoms with Crippen molar-refractivity contribution < 1.29 is 8.78 Å². The third-order valence-electron chi connectivity index (χ3n) is 1.32. The van der Waals surface area contributed by atoms with Crippen LogP contribution in [0.3, 0.4) is 0 Å². The monoisotopic (exact) mass is 269 g/mol. The Morgan fingerprint density at radius 1 is 1.55 bits per heavy atom. The number of pyridine rings is 1. The van der Waals surface area contributed by atoms with E-state index < -0.39 is 6.43 Å². The van der Waals surface area contributed by atoms with Crippen molar-refractivity contribution in [3.8, 4) is 0 Å². The van der Waals surface area contributed by atoms with Gasteiger partial charge < -0.3 is 0 Å². The second-order valence-electron chi connectivity index (χ2n) is 2.13. The van der Waals surface area contributed by atoms with Gasteiger partial charge in [-0.3, -0.25) is 4.98 Å². The molecule has 0 saturated heterocycles. The highest BCUT2D eigenvalue weighted by Gasteiger charge is 2.13. The van der Waals surface area contributed by atoms with Gasteiger partial charge in [0.25, 0.3) is 6.43 Å². The molecule has 1 heterocycles. The summed E-state index contributed by atoms with van der Waals surface area (Å²) < 4.78 is 24.8. The smallest absolute Gasteiger partial charge is 0.254 e. The second-order valence-corrected chi connectivity index (χ2v) is 3.21. The van der Waals surface area contributed by atoms with Crippen LogP contribution in [-0.4, -0.2) is 4.98 Å². The first-order chi connectivity index (χ1) is 5.13. The van der Waals surface area contributed by atoms with Gasteiger partial charge in [-0.05, 0) is 41.1 Å². The molecule has 0 fully saturated rings. The van der Waals surface area contributed by atoms with Crippen LogP contribution in [0.1, 0.15) is 17.7 Å². The second kappa shape index (κ2) is 3.42. The summed E-state index contributed by atoms with van der Waals surface area (Å²) in [6, 6.07) is 1.72. The summed E-state index contributed by atoms with van der Waals surface area (Å²) in [4.78, 5) is 3.58. The summed E-state index contributed by atoms with van der Waals surface area (Å²) in [6.45, 7) is 1.79. The quantitative estimate of drug-likeness (QED) is 0.714. The van der Waals surface area contributed by atoms with E-state index in [9.17, 15) is 8.78 Å². The molecule has 0 aliphatic rings. The molecule has 0 saturated carbocycles. The van der Waals surface area contributed by atoms with Crippen molar-refractivity contribution in [3.63, 3.8) is 0 Å². The Morgan fingerprint density at radius 2 is 2.18 bits per heavy atom. The molecule has 1 aromatic rings. The molecule has 11 heavy (non-hydrogen) atoms. The molecule has 0 aliphatic carbocycles. The number of halogens is 3. The molecular formula is C7H6F2IN. The lowest BCUT2D eigenvalue weighted by molar-refractivity contribution is 0.145. The van der Waals surface area contributed by atoms with E-state index in [1.54, 1.807) is 13.0 Å². The van der Waals surface area contributed by atoms with Crippen LogP contribution in [-0.2, 0) is 0 Å². The van der Waals surface area contributed by atoms with Crippen molar-refractivity contribution in [1.29, 1.82) is 0 Å². The highest BCUT2D eigenvalue weighted by atomic mass is 127. The summed E-state index contributed by atoms with van der Waals surface area (Å²) >= 11 is 1.88. The fourth-order valence-electron chi connectivity index (χ4n) is 0.713. The highest BCUT2D eigenvalue weighted by molar-refractivity contribution is 14.1. The molecule has 1 aromatic heterocycles. The predicted octanol–water partition coefficient (Wildman–Crippen LogP) is 2.93. The molecule has 0 unspecified atom stereocenters. The van der Waals surface area contributed by atoms with Gasteiger partial charge in [-0.2, -0.15) is 0 Å². The van der Waals surface area contributed by atoms with Crippen molar-refractivity contribution in [1.82, 2.24) is 4.98 Å². The van der Waals surface area contributed by atoms with Crippen molar-refractivity contribution in [2.45, 2.75) is 13.3 Å². The topological polar surface area (TPSA) is 12.9 Å². The summed E-state index contributed by atoms with van der Waals surface area (Å²) in [5, 5.41) is 0. The Kier molecular flexibility index (Phi) is 2.75. The van der Waals surface area contributed by atoms with Crippen LogP contribution in [0, 0.1) is 10.5 Å². The zero-order valence-corrected chi connectivity index (χ0v) is 7.97. The van der Waals surface area contributed by atoms with E-state index in [0.717, 1.165) is 5.56 Å². The fraction of sp³-hybridized carbons (Fsp3) is 0.286. The summed E-state index contributed by atoms with van der Waals surface area (Å²) in [6.07, 6.45) is -1.07. The normalized spacial score (nSPS) is 10.6. The number of aromatic nitrogens is 1. The summed E-state index contributed by atoms with van der Waals surface area (Å²) in [5.74, 6) is 0. The van der Waals surface area contributed by atoms with Gasteiger partial charge in [0.2, 0.25) is 0 Å². The maximum Gasteiger partial charge on any atom is 0.281 e. The number of nitrogens with zero attached hydrogens (tertiary/aromatic N) is 1. The van der Waals surface area contributed by atoms with Gasteiger partial charge in [-0.25, -0.2) is 8.78 Å². The Bertz CT molecular complexity index is 263. The maximum absolute atomic E-state index is 12.1. The first-order valence-corrected chi connectivity index (χ1v) is 4.10. The van der Waals surface area contributed by atoms with Crippen molar-refractivity contribution in [2.24, 2.45) is 0 Å². The van der Waals surface area contributed by atoms with Gasteiger partial charge in [0.1, 0.15) is 5.69 Å². The van der Waals surface area contributed by atoms with Crippen LogP contribution in [0.5, 0.6) is 0 Å². The number of alkyl halides is 2.